The molecule has 0 atom stereocenters. The van der Waals surface area contributed by atoms with Gasteiger partial charge in [0.15, 0.2) is 6.61 Å². The molecule has 3 amide bonds. The molecular formula is C26H27N3O4. The highest BCUT2D eigenvalue weighted by atomic mass is 16.5. The summed E-state index contributed by atoms with van der Waals surface area (Å²) in [6, 6.07) is 23.8. The Hall–Kier alpha value is -4.13. The summed E-state index contributed by atoms with van der Waals surface area (Å²) in [7, 11) is 0. The first-order chi connectivity index (χ1) is 16.0. The SMILES string of the molecule is CCCCC(=O)Nc1ccc(C(=O)NNC(=O)COc2ccc(-c3ccccc3)cc2)cc1. The molecule has 0 fully saturated rings. The fraction of sp³-hybridized carbons (Fsp3) is 0.192. The van der Waals surface area contributed by atoms with Crippen molar-refractivity contribution in [2.45, 2.75) is 26.2 Å². The number of hydrogen-bond acceptors (Lipinski definition) is 4. The molecule has 0 bridgehead atoms. The molecule has 170 valence electrons. The number of hydrogen-bond donors (Lipinski definition) is 3. The van der Waals surface area contributed by atoms with Crippen LogP contribution in [0.3, 0.4) is 0 Å². The minimum atomic E-state index is -0.490. The van der Waals surface area contributed by atoms with Crippen LogP contribution in [0.25, 0.3) is 11.1 Å². The van der Waals surface area contributed by atoms with Gasteiger partial charge in [-0.25, -0.2) is 0 Å². The summed E-state index contributed by atoms with van der Waals surface area (Å²) in [6.07, 6.45) is 2.24. The van der Waals surface area contributed by atoms with Crippen molar-refractivity contribution in [3.63, 3.8) is 0 Å². The van der Waals surface area contributed by atoms with Gasteiger partial charge in [0, 0.05) is 17.7 Å². The molecule has 0 aromatic heterocycles. The summed E-state index contributed by atoms with van der Waals surface area (Å²) in [5.41, 5.74) is 7.78. The first-order valence-corrected chi connectivity index (χ1v) is 10.8. The van der Waals surface area contributed by atoms with Crippen LogP contribution in [-0.2, 0) is 9.59 Å². The van der Waals surface area contributed by atoms with Crippen molar-refractivity contribution in [1.82, 2.24) is 10.9 Å². The van der Waals surface area contributed by atoms with E-state index in [1.165, 1.54) is 0 Å². The smallest absolute Gasteiger partial charge is 0.276 e. The number of rotatable bonds is 9. The third-order valence-electron chi connectivity index (χ3n) is 4.84. The van der Waals surface area contributed by atoms with Crippen molar-refractivity contribution in [1.29, 1.82) is 0 Å². The van der Waals surface area contributed by atoms with Crippen molar-refractivity contribution < 1.29 is 19.1 Å². The van der Waals surface area contributed by atoms with E-state index in [2.05, 4.69) is 16.2 Å². The first-order valence-electron chi connectivity index (χ1n) is 10.8. The lowest BCUT2D eigenvalue weighted by Gasteiger charge is -2.10. The van der Waals surface area contributed by atoms with Crippen LogP contribution < -0.4 is 20.9 Å². The van der Waals surface area contributed by atoms with E-state index < -0.39 is 11.8 Å². The Kier molecular flexibility index (Phi) is 8.59. The van der Waals surface area contributed by atoms with Gasteiger partial charge in [-0.1, -0.05) is 55.8 Å². The van der Waals surface area contributed by atoms with Crippen LogP contribution in [0.4, 0.5) is 5.69 Å². The Labute approximate surface area is 193 Å². The number of nitrogens with one attached hydrogen (secondary N) is 3. The Morgan fingerprint density at radius 1 is 0.758 bits per heavy atom. The van der Waals surface area contributed by atoms with E-state index in [1.54, 1.807) is 36.4 Å². The average Bonchev–Trinajstić information content (AvgIpc) is 2.86. The topological polar surface area (TPSA) is 96.5 Å². The zero-order chi connectivity index (χ0) is 23.5. The summed E-state index contributed by atoms with van der Waals surface area (Å²) in [4.78, 5) is 36.0. The molecule has 7 nitrogen and oxygen atoms in total. The Morgan fingerprint density at radius 3 is 2.09 bits per heavy atom. The molecule has 7 heteroatoms. The maximum atomic E-state index is 12.2. The Bertz CT molecular complexity index is 1060. The Balaban J connectivity index is 1.41. The molecule has 3 N–H and O–H groups in total. The van der Waals surface area contributed by atoms with Crippen LogP contribution >= 0.6 is 0 Å². The van der Waals surface area contributed by atoms with E-state index in [0.29, 0.717) is 23.4 Å². The molecule has 0 radical (unpaired) electrons. The van der Waals surface area contributed by atoms with E-state index in [-0.39, 0.29) is 12.5 Å². The molecule has 0 saturated carbocycles. The number of benzene rings is 3. The van der Waals surface area contributed by atoms with E-state index in [0.717, 1.165) is 24.0 Å². The number of hydrazine groups is 1. The number of amides is 3. The quantitative estimate of drug-likeness (QED) is 0.427. The molecule has 33 heavy (non-hydrogen) atoms. The molecule has 0 heterocycles. The third kappa shape index (κ3) is 7.50. The highest BCUT2D eigenvalue weighted by molar-refractivity contribution is 5.96. The minimum absolute atomic E-state index is 0.0592. The third-order valence-corrected chi connectivity index (χ3v) is 4.84. The number of anilines is 1. The van der Waals surface area contributed by atoms with Crippen LogP contribution in [0.2, 0.25) is 0 Å². The number of carbonyl (C=O) groups is 3. The van der Waals surface area contributed by atoms with E-state index >= 15 is 0 Å². The highest BCUT2D eigenvalue weighted by Gasteiger charge is 2.09. The largest absolute Gasteiger partial charge is 0.484 e. The fourth-order valence-corrected chi connectivity index (χ4v) is 3.02. The molecular weight excluding hydrogens is 418 g/mol. The molecule has 0 aliphatic rings. The summed E-state index contributed by atoms with van der Waals surface area (Å²) >= 11 is 0. The van der Waals surface area contributed by atoms with Gasteiger partial charge < -0.3 is 10.1 Å². The van der Waals surface area contributed by atoms with Gasteiger partial charge in [0.2, 0.25) is 5.91 Å². The van der Waals surface area contributed by atoms with Crippen molar-refractivity contribution in [3.8, 4) is 16.9 Å². The Morgan fingerprint density at radius 2 is 1.42 bits per heavy atom. The van der Waals surface area contributed by atoms with Crippen LogP contribution in [0.5, 0.6) is 5.75 Å². The van der Waals surface area contributed by atoms with Gasteiger partial charge in [0.1, 0.15) is 5.75 Å². The van der Waals surface area contributed by atoms with Crippen LogP contribution in [0.1, 0.15) is 36.5 Å². The van der Waals surface area contributed by atoms with Crippen LogP contribution in [0.15, 0.2) is 78.9 Å². The molecule has 0 spiro atoms. The van der Waals surface area contributed by atoms with Gasteiger partial charge in [0.25, 0.3) is 11.8 Å². The normalized spacial score (nSPS) is 10.2. The van der Waals surface area contributed by atoms with Crippen LogP contribution in [0, 0.1) is 0 Å². The number of carbonyl (C=O) groups excluding carboxylic acids is 3. The first kappa shape index (κ1) is 23.5. The van der Waals surface area contributed by atoms with Gasteiger partial charge >= 0.3 is 0 Å². The van der Waals surface area contributed by atoms with Crippen molar-refractivity contribution in [2.75, 3.05) is 11.9 Å². The van der Waals surface area contributed by atoms with Gasteiger partial charge in [-0.2, -0.15) is 0 Å². The predicted molar refractivity (Wildman–Crippen MR) is 128 cm³/mol. The predicted octanol–water partition coefficient (Wildman–Crippen LogP) is 4.32. The molecule has 3 aromatic carbocycles. The lowest BCUT2D eigenvalue weighted by molar-refractivity contribution is -0.123. The highest BCUT2D eigenvalue weighted by Crippen LogP contribution is 2.22. The molecule has 3 aromatic rings. The molecule has 0 saturated heterocycles. The van der Waals surface area contributed by atoms with E-state index in [1.807, 2.05) is 49.4 Å². The van der Waals surface area contributed by atoms with Crippen molar-refractivity contribution in [2.24, 2.45) is 0 Å². The maximum Gasteiger partial charge on any atom is 0.276 e. The second-order valence-corrected chi connectivity index (χ2v) is 7.41. The number of ether oxygens (including phenoxy) is 1. The summed E-state index contributed by atoms with van der Waals surface area (Å²) in [6.45, 7) is 1.78. The van der Waals surface area contributed by atoms with Gasteiger partial charge in [-0.05, 0) is 53.9 Å². The average molecular weight is 446 g/mol. The second-order valence-electron chi connectivity index (χ2n) is 7.41. The lowest BCUT2D eigenvalue weighted by Crippen LogP contribution is -2.43. The molecule has 0 aliphatic carbocycles. The van der Waals surface area contributed by atoms with Crippen LogP contribution in [-0.4, -0.2) is 24.3 Å². The maximum absolute atomic E-state index is 12.2. The van der Waals surface area contributed by atoms with E-state index in [4.69, 9.17) is 4.74 Å². The van der Waals surface area contributed by atoms with Gasteiger partial charge in [0.05, 0.1) is 0 Å². The fourth-order valence-electron chi connectivity index (χ4n) is 3.02. The number of unbranched alkanes of at least 4 members (excludes halogenated alkanes) is 1. The van der Waals surface area contributed by atoms with Gasteiger partial charge in [-0.15, -0.1) is 0 Å². The zero-order valence-electron chi connectivity index (χ0n) is 18.5. The molecule has 0 unspecified atom stereocenters. The zero-order valence-corrected chi connectivity index (χ0v) is 18.5. The summed E-state index contributed by atoms with van der Waals surface area (Å²) < 4.78 is 5.47. The molecule has 3 rings (SSSR count). The van der Waals surface area contributed by atoms with E-state index in [9.17, 15) is 14.4 Å². The standard InChI is InChI=1S/C26H27N3O4/c1-2-3-9-24(30)27-22-14-10-21(11-15-22)26(32)29-28-25(31)18-33-23-16-12-20(13-17-23)19-7-5-4-6-8-19/h4-8,10-17H,2-3,9,18H2,1H3,(H,27,30)(H,28,31)(H,29,32). The van der Waals surface area contributed by atoms with Crippen molar-refractivity contribution >= 4 is 23.4 Å². The van der Waals surface area contributed by atoms with Gasteiger partial charge in [-0.3, -0.25) is 25.2 Å². The minimum Gasteiger partial charge on any atom is -0.484 e. The van der Waals surface area contributed by atoms with Crippen molar-refractivity contribution in [3.05, 3.63) is 84.4 Å². The monoisotopic (exact) mass is 445 g/mol. The molecule has 0 aliphatic heterocycles. The second kappa shape index (κ2) is 12.0. The summed E-state index contributed by atoms with van der Waals surface area (Å²) in [5, 5.41) is 2.78. The lowest BCUT2D eigenvalue weighted by atomic mass is 10.1. The summed E-state index contributed by atoms with van der Waals surface area (Å²) in [5.74, 6) is -0.474.